The Balaban J connectivity index is 2.35. The van der Waals surface area contributed by atoms with Crippen molar-refractivity contribution in [3.63, 3.8) is 0 Å². The van der Waals surface area contributed by atoms with Gasteiger partial charge in [-0.25, -0.2) is 13.6 Å². The molecular formula is C12H17F2N3O. The van der Waals surface area contributed by atoms with Crippen molar-refractivity contribution in [2.75, 3.05) is 32.5 Å². The van der Waals surface area contributed by atoms with E-state index in [2.05, 4.69) is 10.6 Å². The van der Waals surface area contributed by atoms with Crippen LogP contribution in [0.2, 0.25) is 0 Å². The van der Waals surface area contributed by atoms with Crippen molar-refractivity contribution >= 4 is 11.7 Å². The van der Waals surface area contributed by atoms with Gasteiger partial charge in [-0.05, 0) is 39.2 Å². The lowest BCUT2D eigenvalue weighted by Crippen LogP contribution is -2.31. The molecule has 0 fully saturated rings. The number of amides is 2. The largest absolute Gasteiger partial charge is 0.338 e. The highest BCUT2D eigenvalue weighted by Gasteiger charge is 2.07. The van der Waals surface area contributed by atoms with E-state index in [0.29, 0.717) is 6.54 Å². The van der Waals surface area contributed by atoms with Crippen LogP contribution in [0.3, 0.4) is 0 Å². The molecule has 0 bridgehead atoms. The Labute approximate surface area is 105 Å². The molecule has 0 aliphatic rings. The number of benzene rings is 1. The summed E-state index contributed by atoms with van der Waals surface area (Å²) < 4.78 is 25.9. The van der Waals surface area contributed by atoms with Gasteiger partial charge in [-0.3, -0.25) is 0 Å². The van der Waals surface area contributed by atoms with E-state index < -0.39 is 17.7 Å². The summed E-state index contributed by atoms with van der Waals surface area (Å²) in [6.45, 7) is 1.35. The highest BCUT2D eigenvalue weighted by molar-refractivity contribution is 5.89. The van der Waals surface area contributed by atoms with Gasteiger partial charge in [0.25, 0.3) is 0 Å². The van der Waals surface area contributed by atoms with Crippen LogP contribution in [-0.4, -0.2) is 38.1 Å². The fourth-order valence-corrected chi connectivity index (χ4v) is 1.35. The molecule has 1 aromatic carbocycles. The number of anilines is 1. The van der Waals surface area contributed by atoms with Gasteiger partial charge in [0.05, 0.1) is 5.69 Å². The Kier molecular flexibility index (Phi) is 5.51. The lowest BCUT2D eigenvalue weighted by molar-refractivity contribution is 0.251. The maximum absolute atomic E-state index is 13.2. The number of hydrogen-bond acceptors (Lipinski definition) is 2. The number of carbonyl (C=O) groups excluding carboxylic acids is 1. The fraction of sp³-hybridized carbons (Fsp3) is 0.417. The number of nitrogens with zero attached hydrogens (tertiary/aromatic N) is 1. The Morgan fingerprint density at radius 3 is 2.67 bits per heavy atom. The van der Waals surface area contributed by atoms with Gasteiger partial charge >= 0.3 is 6.03 Å². The number of rotatable bonds is 5. The summed E-state index contributed by atoms with van der Waals surface area (Å²) in [4.78, 5) is 13.4. The van der Waals surface area contributed by atoms with Gasteiger partial charge in [0, 0.05) is 12.6 Å². The SMILES string of the molecule is CN(C)CCCNC(=O)Nc1ccc(F)cc1F. The summed E-state index contributed by atoms with van der Waals surface area (Å²) in [6, 6.07) is 2.50. The molecule has 0 spiro atoms. The van der Waals surface area contributed by atoms with E-state index >= 15 is 0 Å². The maximum Gasteiger partial charge on any atom is 0.319 e. The smallest absolute Gasteiger partial charge is 0.319 e. The molecule has 0 atom stereocenters. The topological polar surface area (TPSA) is 44.4 Å². The normalized spacial score (nSPS) is 10.5. The third-order valence-corrected chi connectivity index (χ3v) is 2.25. The minimum Gasteiger partial charge on any atom is -0.338 e. The molecule has 0 radical (unpaired) electrons. The lowest BCUT2D eigenvalue weighted by atomic mass is 10.3. The van der Waals surface area contributed by atoms with Crippen LogP contribution in [0.25, 0.3) is 0 Å². The van der Waals surface area contributed by atoms with E-state index in [-0.39, 0.29) is 5.69 Å². The zero-order valence-corrected chi connectivity index (χ0v) is 10.5. The second kappa shape index (κ2) is 6.90. The van der Waals surface area contributed by atoms with E-state index in [1.165, 1.54) is 6.07 Å². The summed E-state index contributed by atoms with van der Waals surface area (Å²) in [5.41, 5.74) is -0.0403. The first kappa shape index (κ1) is 14.4. The first-order valence-corrected chi connectivity index (χ1v) is 5.63. The molecule has 100 valence electrons. The summed E-state index contributed by atoms with van der Waals surface area (Å²) in [7, 11) is 3.88. The Bertz CT molecular complexity index is 410. The first-order chi connectivity index (χ1) is 8.49. The van der Waals surface area contributed by atoms with Crippen molar-refractivity contribution in [3.05, 3.63) is 29.8 Å². The molecule has 0 heterocycles. The molecule has 1 aromatic rings. The Hall–Kier alpha value is -1.69. The fourth-order valence-electron chi connectivity index (χ4n) is 1.35. The van der Waals surface area contributed by atoms with E-state index in [1.807, 2.05) is 19.0 Å². The molecule has 0 saturated heterocycles. The van der Waals surface area contributed by atoms with Gasteiger partial charge < -0.3 is 15.5 Å². The number of urea groups is 1. The zero-order chi connectivity index (χ0) is 13.5. The predicted molar refractivity (Wildman–Crippen MR) is 66.6 cm³/mol. The second-order valence-corrected chi connectivity index (χ2v) is 4.16. The molecule has 18 heavy (non-hydrogen) atoms. The monoisotopic (exact) mass is 257 g/mol. The van der Waals surface area contributed by atoms with Gasteiger partial charge in [-0.15, -0.1) is 0 Å². The number of nitrogens with one attached hydrogen (secondary N) is 2. The molecule has 0 unspecified atom stereocenters. The molecule has 0 aromatic heterocycles. The number of hydrogen-bond donors (Lipinski definition) is 2. The summed E-state index contributed by atoms with van der Waals surface area (Å²) >= 11 is 0. The first-order valence-electron chi connectivity index (χ1n) is 5.63. The molecule has 0 saturated carbocycles. The van der Waals surface area contributed by atoms with Gasteiger partial charge in [0.15, 0.2) is 0 Å². The summed E-state index contributed by atoms with van der Waals surface area (Å²) in [6.07, 6.45) is 0.798. The highest BCUT2D eigenvalue weighted by Crippen LogP contribution is 2.14. The van der Waals surface area contributed by atoms with Crippen LogP contribution in [0.5, 0.6) is 0 Å². The van der Waals surface area contributed by atoms with Crippen LogP contribution >= 0.6 is 0 Å². The minimum absolute atomic E-state index is 0.0403. The lowest BCUT2D eigenvalue weighted by Gasteiger charge is -2.11. The quantitative estimate of drug-likeness (QED) is 0.793. The van der Waals surface area contributed by atoms with E-state index in [0.717, 1.165) is 25.1 Å². The minimum atomic E-state index is -0.793. The van der Waals surface area contributed by atoms with Crippen LogP contribution in [0.15, 0.2) is 18.2 Å². The Morgan fingerprint density at radius 2 is 2.06 bits per heavy atom. The van der Waals surface area contributed by atoms with Crippen molar-refractivity contribution in [1.29, 1.82) is 0 Å². The zero-order valence-electron chi connectivity index (χ0n) is 10.5. The van der Waals surface area contributed by atoms with Crippen molar-refractivity contribution in [2.45, 2.75) is 6.42 Å². The van der Waals surface area contributed by atoms with Gasteiger partial charge in [0.2, 0.25) is 0 Å². The molecule has 0 aliphatic heterocycles. The predicted octanol–water partition coefficient (Wildman–Crippen LogP) is 2.04. The van der Waals surface area contributed by atoms with Crippen molar-refractivity contribution in [3.8, 4) is 0 Å². The van der Waals surface area contributed by atoms with Gasteiger partial charge in [-0.2, -0.15) is 0 Å². The third kappa shape index (κ3) is 5.09. The third-order valence-electron chi connectivity index (χ3n) is 2.25. The molecule has 2 N–H and O–H groups in total. The second-order valence-electron chi connectivity index (χ2n) is 4.16. The number of halogens is 2. The van der Waals surface area contributed by atoms with Gasteiger partial charge in [-0.1, -0.05) is 0 Å². The van der Waals surface area contributed by atoms with E-state index in [1.54, 1.807) is 0 Å². The average molecular weight is 257 g/mol. The van der Waals surface area contributed by atoms with Crippen molar-refractivity contribution < 1.29 is 13.6 Å². The summed E-state index contributed by atoms with van der Waals surface area (Å²) in [5.74, 6) is -1.47. The maximum atomic E-state index is 13.2. The van der Waals surface area contributed by atoms with Crippen molar-refractivity contribution in [2.24, 2.45) is 0 Å². The van der Waals surface area contributed by atoms with Crippen LogP contribution in [0.4, 0.5) is 19.3 Å². The van der Waals surface area contributed by atoms with Crippen LogP contribution in [0, 0.1) is 11.6 Å². The van der Waals surface area contributed by atoms with Crippen LogP contribution < -0.4 is 10.6 Å². The Morgan fingerprint density at radius 1 is 1.33 bits per heavy atom. The highest BCUT2D eigenvalue weighted by atomic mass is 19.1. The van der Waals surface area contributed by atoms with E-state index in [9.17, 15) is 13.6 Å². The molecule has 6 heteroatoms. The van der Waals surface area contributed by atoms with Crippen LogP contribution in [0.1, 0.15) is 6.42 Å². The molecular weight excluding hydrogens is 240 g/mol. The number of carbonyl (C=O) groups is 1. The molecule has 0 aliphatic carbocycles. The summed E-state index contributed by atoms with van der Waals surface area (Å²) in [5, 5.41) is 4.91. The molecule has 4 nitrogen and oxygen atoms in total. The molecule has 2 amide bonds. The van der Waals surface area contributed by atoms with E-state index in [4.69, 9.17) is 0 Å². The van der Waals surface area contributed by atoms with Crippen LogP contribution in [-0.2, 0) is 0 Å². The average Bonchev–Trinajstić information content (AvgIpc) is 2.28. The van der Waals surface area contributed by atoms with Gasteiger partial charge in [0.1, 0.15) is 11.6 Å². The standard InChI is InChI=1S/C12H17F2N3O/c1-17(2)7-3-6-15-12(18)16-11-5-4-9(13)8-10(11)14/h4-5,8H,3,6-7H2,1-2H3,(H2,15,16,18). The molecule has 1 rings (SSSR count). The van der Waals surface area contributed by atoms with Crippen molar-refractivity contribution in [1.82, 2.24) is 10.2 Å².